The van der Waals surface area contributed by atoms with Gasteiger partial charge in [-0.2, -0.15) is 0 Å². The molecule has 0 aromatic heterocycles. The third-order valence-electron chi connectivity index (χ3n) is 7.49. The van der Waals surface area contributed by atoms with E-state index in [0.717, 1.165) is 25.8 Å². The highest BCUT2D eigenvalue weighted by molar-refractivity contribution is 5.86. The molecule has 1 heterocycles. The van der Waals surface area contributed by atoms with Gasteiger partial charge in [0.15, 0.2) is 0 Å². The second-order valence-corrected chi connectivity index (χ2v) is 10.7. The normalized spacial score (nSPS) is 16.9. The molecule has 2 atom stereocenters. The van der Waals surface area contributed by atoms with Crippen molar-refractivity contribution in [3.63, 3.8) is 0 Å². The molecule has 0 saturated carbocycles. The molecule has 4 heteroatoms. The molecule has 2 unspecified atom stereocenters. The molecule has 1 saturated heterocycles. The second kappa shape index (κ2) is 21.9. The van der Waals surface area contributed by atoms with Crippen molar-refractivity contribution >= 4 is 11.9 Å². The topological polar surface area (TPSA) is 46.6 Å². The number of nitrogens with zero attached hydrogens (tertiary/aromatic N) is 1. The predicted octanol–water partition coefficient (Wildman–Crippen LogP) is 8.63. The number of likely N-dealkylation sites (tertiary alicyclic amines) is 1. The lowest BCUT2D eigenvalue weighted by Crippen LogP contribution is -2.28. The van der Waals surface area contributed by atoms with E-state index in [1.165, 1.54) is 96.3 Å². The number of carbonyl (C=O) groups excluding carboxylic acids is 2. The minimum Gasteiger partial charge on any atom is -0.465 e. The molecule has 0 bridgehead atoms. The van der Waals surface area contributed by atoms with E-state index >= 15 is 0 Å². The number of rotatable bonds is 23. The molecule has 0 radical (unpaired) electrons. The number of allylic oxidation sites excluding steroid dienone is 2. The zero-order valence-electron chi connectivity index (χ0n) is 23.5. The van der Waals surface area contributed by atoms with Gasteiger partial charge < -0.3 is 9.64 Å². The highest BCUT2D eigenvalue weighted by Crippen LogP contribution is 2.21. The third-order valence-corrected chi connectivity index (χ3v) is 7.49. The zero-order chi connectivity index (χ0) is 25.6. The van der Waals surface area contributed by atoms with Gasteiger partial charge in [0.05, 0.1) is 12.5 Å². The molecular formula is C31H57NO3. The quantitative estimate of drug-likeness (QED) is 0.0816. The Morgan fingerprint density at radius 2 is 1.43 bits per heavy atom. The van der Waals surface area contributed by atoms with Crippen LogP contribution in [0.3, 0.4) is 0 Å². The van der Waals surface area contributed by atoms with E-state index in [9.17, 15) is 9.59 Å². The monoisotopic (exact) mass is 491 g/mol. The maximum atomic E-state index is 12.4. The summed E-state index contributed by atoms with van der Waals surface area (Å²) in [5.41, 5.74) is 0. The van der Waals surface area contributed by atoms with Gasteiger partial charge in [-0.1, -0.05) is 110 Å². The van der Waals surface area contributed by atoms with E-state index in [4.69, 9.17) is 4.74 Å². The van der Waals surface area contributed by atoms with Crippen molar-refractivity contribution in [2.45, 2.75) is 143 Å². The van der Waals surface area contributed by atoms with Crippen molar-refractivity contribution in [1.29, 1.82) is 0 Å². The van der Waals surface area contributed by atoms with Crippen LogP contribution in [0.5, 0.6) is 0 Å². The van der Waals surface area contributed by atoms with Crippen LogP contribution in [0.2, 0.25) is 0 Å². The predicted molar refractivity (Wildman–Crippen MR) is 148 cm³/mol. The Hall–Kier alpha value is -1.32. The van der Waals surface area contributed by atoms with Gasteiger partial charge in [-0.15, -0.1) is 0 Å². The lowest BCUT2D eigenvalue weighted by Gasteiger charge is -2.18. The molecule has 35 heavy (non-hydrogen) atoms. The van der Waals surface area contributed by atoms with Gasteiger partial charge in [0.2, 0.25) is 5.91 Å². The smallest absolute Gasteiger partial charge is 0.311 e. The number of carbonyl (C=O) groups is 2. The number of esters is 1. The highest BCUT2D eigenvalue weighted by atomic mass is 16.5. The van der Waals surface area contributed by atoms with Crippen molar-refractivity contribution in [2.75, 3.05) is 19.7 Å². The molecule has 1 aliphatic heterocycles. The Bertz CT molecular complexity index is 559. The first-order chi connectivity index (χ1) is 17.1. The minimum absolute atomic E-state index is 0.123. The van der Waals surface area contributed by atoms with Gasteiger partial charge in [0.25, 0.3) is 0 Å². The largest absolute Gasteiger partial charge is 0.465 e. The van der Waals surface area contributed by atoms with Gasteiger partial charge in [0.1, 0.15) is 0 Å². The van der Waals surface area contributed by atoms with E-state index in [0.29, 0.717) is 25.5 Å². The summed E-state index contributed by atoms with van der Waals surface area (Å²) in [4.78, 5) is 26.7. The SMILES string of the molecule is CCCCCCCC/C=C\CCCCCCCCN1CC(C(=O)OCC(CC)CCCC)CC1=O. The van der Waals surface area contributed by atoms with Crippen LogP contribution in [0.15, 0.2) is 12.2 Å². The summed E-state index contributed by atoms with van der Waals surface area (Å²) in [5.74, 6) is 0.142. The average molecular weight is 492 g/mol. The molecule has 0 aromatic rings. The average Bonchev–Trinajstić information content (AvgIpc) is 3.24. The van der Waals surface area contributed by atoms with Crippen molar-refractivity contribution in [1.82, 2.24) is 4.90 Å². The first-order valence-corrected chi connectivity index (χ1v) is 15.2. The molecular weight excluding hydrogens is 434 g/mol. The standard InChI is InChI=1S/C31H57NO3/c1-4-7-9-10-11-12-13-14-15-16-17-18-19-20-21-22-24-32-26-29(25-30(32)33)31(34)35-27-28(6-3)23-8-5-2/h14-15,28-29H,4-13,16-27H2,1-3H3/b15-14-. The molecule has 204 valence electrons. The van der Waals surface area contributed by atoms with Gasteiger partial charge in [-0.05, 0) is 44.4 Å². The van der Waals surface area contributed by atoms with Gasteiger partial charge in [-0.3, -0.25) is 9.59 Å². The van der Waals surface area contributed by atoms with E-state index in [1.807, 2.05) is 4.90 Å². The molecule has 1 rings (SSSR count). The summed E-state index contributed by atoms with van der Waals surface area (Å²) in [5, 5.41) is 0. The van der Waals surface area contributed by atoms with E-state index < -0.39 is 0 Å². The fourth-order valence-electron chi connectivity index (χ4n) is 4.91. The molecule has 0 aromatic carbocycles. The number of hydrogen-bond donors (Lipinski definition) is 0. The van der Waals surface area contributed by atoms with E-state index in [1.54, 1.807) is 0 Å². The van der Waals surface area contributed by atoms with Crippen LogP contribution in [0.1, 0.15) is 143 Å². The van der Waals surface area contributed by atoms with Crippen molar-refractivity contribution in [2.24, 2.45) is 11.8 Å². The number of ether oxygens (including phenoxy) is 1. The summed E-state index contributed by atoms with van der Waals surface area (Å²) < 4.78 is 5.59. The van der Waals surface area contributed by atoms with Gasteiger partial charge >= 0.3 is 5.97 Å². The molecule has 0 spiro atoms. The maximum Gasteiger partial charge on any atom is 0.311 e. The fourth-order valence-corrected chi connectivity index (χ4v) is 4.91. The molecule has 1 fully saturated rings. The Morgan fingerprint density at radius 3 is 2.03 bits per heavy atom. The van der Waals surface area contributed by atoms with Crippen molar-refractivity contribution in [3.8, 4) is 0 Å². The van der Waals surface area contributed by atoms with Gasteiger partial charge in [0, 0.05) is 19.5 Å². The number of hydrogen-bond acceptors (Lipinski definition) is 3. The third kappa shape index (κ3) is 16.1. The van der Waals surface area contributed by atoms with Crippen LogP contribution in [-0.4, -0.2) is 36.5 Å². The lowest BCUT2D eigenvalue weighted by atomic mass is 10.0. The van der Waals surface area contributed by atoms with Crippen LogP contribution in [0.25, 0.3) is 0 Å². The van der Waals surface area contributed by atoms with Crippen LogP contribution in [0.4, 0.5) is 0 Å². The molecule has 1 amide bonds. The Morgan fingerprint density at radius 1 is 0.857 bits per heavy atom. The van der Waals surface area contributed by atoms with Crippen LogP contribution in [-0.2, 0) is 14.3 Å². The number of unbranched alkanes of at least 4 members (excludes halogenated alkanes) is 13. The summed E-state index contributed by atoms with van der Waals surface area (Å²) in [7, 11) is 0. The second-order valence-electron chi connectivity index (χ2n) is 10.7. The fraction of sp³-hybridized carbons (Fsp3) is 0.871. The first kappa shape index (κ1) is 31.7. The van der Waals surface area contributed by atoms with Gasteiger partial charge in [-0.25, -0.2) is 0 Å². The highest BCUT2D eigenvalue weighted by Gasteiger charge is 2.35. The Labute approximate surface area is 217 Å². The van der Waals surface area contributed by atoms with E-state index in [2.05, 4.69) is 32.9 Å². The summed E-state index contributed by atoms with van der Waals surface area (Å²) in [6, 6.07) is 0. The summed E-state index contributed by atoms with van der Waals surface area (Å²) in [6.07, 6.45) is 27.6. The lowest BCUT2D eigenvalue weighted by molar-refractivity contribution is -0.149. The van der Waals surface area contributed by atoms with Crippen LogP contribution in [0, 0.1) is 11.8 Å². The minimum atomic E-state index is -0.264. The van der Waals surface area contributed by atoms with Crippen molar-refractivity contribution < 1.29 is 14.3 Å². The summed E-state index contributed by atoms with van der Waals surface area (Å²) in [6.45, 7) is 8.47. The molecule has 0 aliphatic carbocycles. The van der Waals surface area contributed by atoms with E-state index in [-0.39, 0.29) is 17.8 Å². The summed E-state index contributed by atoms with van der Waals surface area (Å²) >= 11 is 0. The maximum absolute atomic E-state index is 12.4. The number of amides is 1. The zero-order valence-corrected chi connectivity index (χ0v) is 23.5. The molecule has 4 nitrogen and oxygen atoms in total. The van der Waals surface area contributed by atoms with Crippen LogP contribution >= 0.6 is 0 Å². The first-order valence-electron chi connectivity index (χ1n) is 15.2. The molecule has 0 N–H and O–H groups in total. The molecule has 1 aliphatic rings. The Balaban J connectivity index is 2.00. The van der Waals surface area contributed by atoms with Crippen LogP contribution < -0.4 is 0 Å². The van der Waals surface area contributed by atoms with Crippen molar-refractivity contribution in [3.05, 3.63) is 12.2 Å². The Kier molecular flexibility index (Phi) is 19.9.